The van der Waals surface area contributed by atoms with Gasteiger partial charge in [0.05, 0.1) is 7.11 Å². The van der Waals surface area contributed by atoms with Gasteiger partial charge in [0.25, 0.3) is 0 Å². The van der Waals surface area contributed by atoms with Gasteiger partial charge in [0.1, 0.15) is 11.3 Å². The number of ether oxygens (including phenoxy) is 1. The van der Waals surface area contributed by atoms with Crippen LogP contribution in [0.3, 0.4) is 0 Å². The van der Waals surface area contributed by atoms with Crippen molar-refractivity contribution in [3.05, 3.63) is 65.2 Å². The monoisotopic (exact) mass is 409 g/mol. The summed E-state index contributed by atoms with van der Waals surface area (Å²) in [5.41, 5.74) is 0.934. The van der Waals surface area contributed by atoms with Crippen molar-refractivity contribution >= 4 is 34.8 Å². The van der Waals surface area contributed by atoms with E-state index in [1.165, 1.54) is 7.11 Å². The average molecular weight is 410 g/mol. The number of hydrogen-bond donors (Lipinski definition) is 2. The SMILES string of the molecule is COC(=O)C(C[C@@H](Cc1ccccc1)[S+]([O-])c1ccc(Cl)cc1)NC(=O)O. The molecule has 3 atom stereocenters. The zero-order valence-electron chi connectivity index (χ0n) is 14.6. The maximum Gasteiger partial charge on any atom is 0.405 e. The van der Waals surface area contributed by atoms with Crippen LogP contribution in [0.5, 0.6) is 0 Å². The van der Waals surface area contributed by atoms with Crippen LogP contribution in [0.25, 0.3) is 0 Å². The molecule has 0 aliphatic rings. The number of rotatable bonds is 8. The molecule has 0 spiro atoms. The largest absolute Gasteiger partial charge is 0.611 e. The van der Waals surface area contributed by atoms with E-state index in [1.54, 1.807) is 24.3 Å². The highest BCUT2D eigenvalue weighted by molar-refractivity contribution is 7.92. The Hall–Kier alpha value is -2.22. The molecule has 0 radical (unpaired) electrons. The van der Waals surface area contributed by atoms with E-state index in [2.05, 4.69) is 10.1 Å². The minimum Gasteiger partial charge on any atom is -0.611 e. The number of methoxy groups -OCH3 is 1. The maximum absolute atomic E-state index is 13.1. The Morgan fingerprint density at radius 3 is 2.37 bits per heavy atom. The van der Waals surface area contributed by atoms with E-state index < -0.39 is 34.5 Å². The fourth-order valence-electron chi connectivity index (χ4n) is 2.65. The van der Waals surface area contributed by atoms with Gasteiger partial charge in [-0.2, -0.15) is 0 Å². The van der Waals surface area contributed by atoms with Crippen LogP contribution in [-0.4, -0.2) is 40.1 Å². The van der Waals surface area contributed by atoms with Gasteiger partial charge in [-0.15, -0.1) is 0 Å². The summed E-state index contributed by atoms with van der Waals surface area (Å²) in [7, 11) is 1.18. The summed E-state index contributed by atoms with van der Waals surface area (Å²) in [6, 6.07) is 14.9. The molecule has 0 heterocycles. The van der Waals surface area contributed by atoms with Crippen LogP contribution in [0.2, 0.25) is 5.02 Å². The Balaban J connectivity index is 2.28. The summed E-state index contributed by atoms with van der Waals surface area (Å²) in [5.74, 6) is -0.719. The van der Waals surface area contributed by atoms with Crippen molar-refractivity contribution < 1.29 is 24.0 Å². The van der Waals surface area contributed by atoms with Crippen LogP contribution in [0, 0.1) is 0 Å². The van der Waals surface area contributed by atoms with E-state index in [-0.39, 0.29) is 6.42 Å². The molecule has 144 valence electrons. The predicted molar refractivity (Wildman–Crippen MR) is 103 cm³/mol. The molecule has 0 saturated carbocycles. The molecule has 2 aromatic rings. The third-order valence-corrected chi connectivity index (χ3v) is 5.89. The summed E-state index contributed by atoms with van der Waals surface area (Å²) < 4.78 is 17.8. The molecule has 0 fully saturated rings. The molecule has 1 amide bonds. The number of carbonyl (C=O) groups excluding carboxylic acids is 1. The van der Waals surface area contributed by atoms with Crippen molar-refractivity contribution in [3.63, 3.8) is 0 Å². The van der Waals surface area contributed by atoms with Gasteiger partial charge < -0.3 is 19.7 Å². The molecule has 0 saturated heterocycles. The van der Waals surface area contributed by atoms with Gasteiger partial charge in [0.2, 0.25) is 0 Å². The predicted octanol–water partition coefficient (Wildman–Crippen LogP) is 3.26. The van der Waals surface area contributed by atoms with E-state index in [0.29, 0.717) is 16.3 Å². The third-order valence-electron chi connectivity index (χ3n) is 3.94. The van der Waals surface area contributed by atoms with Gasteiger partial charge in [-0.05, 0) is 41.0 Å². The van der Waals surface area contributed by atoms with Crippen molar-refractivity contribution in [2.75, 3.05) is 7.11 Å². The van der Waals surface area contributed by atoms with E-state index in [0.717, 1.165) is 5.56 Å². The van der Waals surface area contributed by atoms with Crippen LogP contribution in [-0.2, 0) is 27.1 Å². The number of halogens is 1. The lowest BCUT2D eigenvalue weighted by Crippen LogP contribution is -2.44. The molecule has 27 heavy (non-hydrogen) atoms. The molecule has 6 nitrogen and oxygen atoms in total. The van der Waals surface area contributed by atoms with Gasteiger partial charge >= 0.3 is 12.1 Å². The van der Waals surface area contributed by atoms with Crippen molar-refractivity contribution in [2.24, 2.45) is 0 Å². The van der Waals surface area contributed by atoms with Crippen LogP contribution < -0.4 is 5.32 Å². The first kappa shape index (κ1) is 21.1. The standard InChI is InChI=1S/C19H20ClNO5S/c1-26-18(22)17(21-19(23)24)12-16(11-13-5-3-2-4-6-13)27(25)15-9-7-14(20)8-10-15/h2-10,16-17,21H,11-12H2,1H3,(H,23,24)/t16-,17?,27?/m1/s1. The van der Waals surface area contributed by atoms with Gasteiger partial charge in [0, 0.05) is 17.9 Å². The van der Waals surface area contributed by atoms with Gasteiger partial charge in [0.15, 0.2) is 4.90 Å². The molecule has 2 unspecified atom stereocenters. The van der Waals surface area contributed by atoms with Crippen molar-refractivity contribution in [2.45, 2.75) is 29.0 Å². The Morgan fingerprint density at radius 1 is 1.19 bits per heavy atom. The fraction of sp³-hybridized carbons (Fsp3) is 0.263. The summed E-state index contributed by atoms with van der Waals surface area (Å²) in [5, 5.41) is 11.2. The number of nitrogens with one attached hydrogen (secondary N) is 1. The van der Waals surface area contributed by atoms with E-state index in [4.69, 9.17) is 16.7 Å². The highest BCUT2D eigenvalue weighted by Crippen LogP contribution is 2.24. The molecule has 0 aliphatic carbocycles. The summed E-state index contributed by atoms with van der Waals surface area (Å²) in [4.78, 5) is 23.6. The van der Waals surface area contributed by atoms with Crippen LogP contribution >= 0.6 is 11.6 Å². The molecule has 2 aromatic carbocycles. The van der Waals surface area contributed by atoms with Crippen molar-refractivity contribution in [1.82, 2.24) is 5.32 Å². The van der Waals surface area contributed by atoms with Gasteiger partial charge in [-0.1, -0.05) is 41.9 Å². The zero-order valence-corrected chi connectivity index (χ0v) is 16.2. The average Bonchev–Trinajstić information content (AvgIpc) is 2.66. The third kappa shape index (κ3) is 6.46. The van der Waals surface area contributed by atoms with Gasteiger partial charge in [-0.25, -0.2) is 9.59 Å². The van der Waals surface area contributed by atoms with Crippen molar-refractivity contribution in [1.29, 1.82) is 0 Å². The second-order valence-corrected chi connectivity index (χ2v) is 7.99. The maximum atomic E-state index is 13.1. The Bertz CT molecular complexity index is 756. The highest BCUT2D eigenvalue weighted by atomic mass is 35.5. The quantitative estimate of drug-likeness (QED) is 0.515. The molecule has 0 aliphatic heterocycles. The topological polar surface area (TPSA) is 98.7 Å². The first-order valence-corrected chi connectivity index (χ1v) is 9.77. The molecule has 2 rings (SSSR count). The number of amides is 1. The lowest BCUT2D eigenvalue weighted by Gasteiger charge is -2.25. The lowest BCUT2D eigenvalue weighted by molar-refractivity contribution is -0.143. The Kier molecular flexibility index (Phi) is 7.97. The van der Waals surface area contributed by atoms with Gasteiger partial charge in [-0.3, -0.25) is 0 Å². The highest BCUT2D eigenvalue weighted by Gasteiger charge is 2.33. The first-order chi connectivity index (χ1) is 12.9. The minimum atomic E-state index is -1.48. The summed E-state index contributed by atoms with van der Waals surface area (Å²) in [6.45, 7) is 0. The number of benzene rings is 2. The Morgan fingerprint density at radius 2 is 1.81 bits per heavy atom. The number of carbonyl (C=O) groups is 2. The number of esters is 1. The molecule has 2 N–H and O–H groups in total. The van der Waals surface area contributed by atoms with E-state index in [9.17, 15) is 14.1 Å². The van der Waals surface area contributed by atoms with E-state index >= 15 is 0 Å². The molecule has 0 bridgehead atoms. The smallest absolute Gasteiger partial charge is 0.405 e. The zero-order chi connectivity index (χ0) is 19.8. The van der Waals surface area contributed by atoms with Crippen LogP contribution in [0.4, 0.5) is 4.79 Å². The van der Waals surface area contributed by atoms with Crippen LogP contribution in [0.15, 0.2) is 59.5 Å². The summed E-state index contributed by atoms with van der Waals surface area (Å²) >= 11 is 4.41. The number of hydrogen-bond acceptors (Lipinski definition) is 4. The molecular formula is C19H20ClNO5S. The fourth-order valence-corrected chi connectivity index (χ4v) is 4.28. The van der Waals surface area contributed by atoms with Crippen molar-refractivity contribution in [3.8, 4) is 0 Å². The second kappa shape index (κ2) is 10.2. The lowest BCUT2D eigenvalue weighted by atomic mass is 10.0. The summed E-state index contributed by atoms with van der Waals surface area (Å²) in [6.07, 6.45) is -0.908. The molecule has 8 heteroatoms. The number of carboxylic acid groups (broad SMARTS) is 1. The normalized spacial score (nSPS) is 14.0. The minimum absolute atomic E-state index is 0.0309. The molecular weight excluding hydrogens is 390 g/mol. The molecule has 0 aromatic heterocycles. The van der Waals surface area contributed by atoms with E-state index in [1.807, 2.05) is 30.3 Å². The first-order valence-electron chi connectivity index (χ1n) is 8.18. The van der Waals surface area contributed by atoms with Crippen LogP contribution in [0.1, 0.15) is 12.0 Å². The second-order valence-electron chi connectivity index (χ2n) is 5.82. The Labute approximate surface area is 165 Å².